The van der Waals surface area contributed by atoms with Crippen LogP contribution in [0, 0.1) is 0 Å². The minimum atomic E-state index is -0.776. The molecule has 1 atom stereocenters. The summed E-state index contributed by atoms with van der Waals surface area (Å²) in [6, 6.07) is -0.776. The molecule has 0 bridgehead atoms. The lowest BCUT2D eigenvalue weighted by molar-refractivity contribution is -0.120. The summed E-state index contributed by atoms with van der Waals surface area (Å²) < 4.78 is 4.35. The van der Waals surface area contributed by atoms with Crippen molar-refractivity contribution in [2.45, 2.75) is 18.9 Å². The maximum absolute atomic E-state index is 10.9. The van der Waals surface area contributed by atoms with E-state index in [0.29, 0.717) is 19.4 Å². The van der Waals surface area contributed by atoms with Crippen molar-refractivity contribution in [2.75, 3.05) is 13.7 Å². The molecule has 0 aliphatic carbocycles. The molecule has 0 rings (SSSR count). The van der Waals surface area contributed by atoms with Gasteiger partial charge in [0.2, 0.25) is 5.91 Å². The molecular formula is C8H17N5O3. The van der Waals surface area contributed by atoms with E-state index in [1.54, 1.807) is 0 Å². The lowest BCUT2D eigenvalue weighted by Gasteiger charge is -2.13. The minimum Gasteiger partial charge on any atom is -0.453 e. The number of hydrogen-bond donors (Lipinski definition) is 4. The quantitative estimate of drug-likeness (QED) is 0.243. The number of rotatable bonds is 6. The van der Waals surface area contributed by atoms with E-state index in [9.17, 15) is 9.59 Å². The summed E-state index contributed by atoms with van der Waals surface area (Å²) in [5.74, 6) is -0.647. The highest BCUT2D eigenvalue weighted by Crippen LogP contribution is 1.97. The molecule has 92 valence electrons. The molecule has 7 N–H and O–H groups in total. The first kappa shape index (κ1) is 14.0. The van der Waals surface area contributed by atoms with Gasteiger partial charge in [0, 0.05) is 6.54 Å². The minimum absolute atomic E-state index is 0.0171. The first-order valence-electron chi connectivity index (χ1n) is 4.66. The molecule has 0 saturated heterocycles. The number of alkyl carbamates (subject to hydrolysis) is 1. The number of primary amides is 1. The molecule has 2 amide bonds. The topological polar surface area (TPSA) is 146 Å². The first-order valence-corrected chi connectivity index (χ1v) is 4.66. The van der Waals surface area contributed by atoms with Crippen LogP contribution in [-0.2, 0) is 9.53 Å². The predicted molar refractivity (Wildman–Crippen MR) is 58.4 cm³/mol. The van der Waals surface area contributed by atoms with Crippen LogP contribution in [0.4, 0.5) is 4.79 Å². The molecule has 0 aromatic rings. The molecule has 8 nitrogen and oxygen atoms in total. The Bertz CT molecular complexity index is 275. The van der Waals surface area contributed by atoms with Crippen LogP contribution in [0.1, 0.15) is 12.8 Å². The molecular weight excluding hydrogens is 214 g/mol. The third-order valence-corrected chi connectivity index (χ3v) is 1.77. The van der Waals surface area contributed by atoms with Crippen molar-refractivity contribution in [3.8, 4) is 0 Å². The van der Waals surface area contributed by atoms with Crippen LogP contribution in [0.15, 0.2) is 4.99 Å². The molecule has 0 aromatic carbocycles. The van der Waals surface area contributed by atoms with E-state index < -0.39 is 18.0 Å². The number of carbonyl (C=O) groups excluding carboxylic acids is 2. The monoisotopic (exact) mass is 231 g/mol. The smallest absolute Gasteiger partial charge is 0.407 e. The summed E-state index contributed by atoms with van der Waals surface area (Å²) in [4.78, 5) is 25.5. The summed E-state index contributed by atoms with van der Waals surface area (Å²) in [5.41, 5.74) is 15.3. The second kappa shape index (κ2) is 7.32. The molecule has 0 unspecified atom stereocenters. The highest BCUT2D eigenvalue weighted by molar-refractivity contribution is 5.84. The second-order valence-electron chi connectivity index (χ2n) is 3.04. The van der Waals surface area contributed by atoms with Crippen LogP contribution in [0.5, 0.6) is 0 Å². The molecule has 0 aliphatic heterocycles. The Morgan fingerprint density at radius 2 is 2.00 bits per heavy atom. The summed E-state index contributed by atoms with van der Waals surface area (Å²) >= 11 is 0. The predicted octanol–water partition coefficient (Wildman–Crippen LogP) is -1.75. The Balaban J connectivity index is 4.00. The first-order chi connectivity index (χ1) is 7.47. The van der Waals surface area contributed by atoms with Gasteiger partial charge in [0.25, 0.3) is 0 Å². The van der Waals surface area contributed by atoms with Gasteiger partial charge in [0.05, 0.1) is 7.11 Å². The van der Waals surface area contributed by atoms with Gasteiger partial charge in [-0.15, -0.1) is 0 Å². The Kier molecular flexibility index (Phi) is 6.41. The number of carbonyl (C=O) groups is 2. The van der Waals surface area contributed by atoms with Gasteiger partial charge in [-0.05, 0) is 12.8 Å². The van der Waals surface area contributed by atoms with Crippen LogP contribution in [0.2, 0.25) is 0 Å². The van der Waals surface area contributed by atoms with Gasteiger partial charge in [-0.2, -0.15) is 0 Å². The van der Waals surface area contributed by atoms with Crippen LogP contribution in [0.25, 0.3) is 0 Å². The fourth-order valence-electron chi connectivity index (χ4n) is 0.990. The van der Waals surface area contributed by atoms with E-state index in [4.69, 9.17) is 17.2 Å². The lowest BCUT2D eigenvalue weighted by atomic mass is 10.1. The SMILES string of the molecule is COC(=O)N[C@@H](CCCN=C(N)N)C(N)=O. The van der Waals surface area contributed by atoms with Crippen molar-refractivity contribution >= 4 is 18.0 Å². The Labute approximate surface area is 93.2 Å². The Morgan fingerprint density at radius 3 is 2.44 bits per heavy atom. The third kappa shape index (κ3) is 6.46. The maximum Gasteiger partial charge on any atom is 0.407 e. The molecule has 0 saturated carbocycles. The number of nitrogens with zero attached hydrogens (tertiary/aromatic N) is 1. The maximum atomic E-state index is 10.9. The summed E-state index contributed by atoms with van der Waals surface area (Å²) in [5, 5.41) is 2.31. The van der Waals surface area contributed by atoms with Crippen molar-refractivity contribution in [1.29, 1.82) is 0 Å². The largest absolute Gasteiger partial charge is 0.453 e. The number of guanidine groups is 1. The number of methoxy groups -OCH3 is 1. The summed E-state index contributed by atoms with van der Waals surface area (Å²) in [6.45, 7) is 0.370. The van der Waals surface area contributed by atoms with Gasteiger partial charge in [0.15, 0.2) is 5.96 Å². The summed E-state index contributed by atoms with van der Waals surface area (Å²) in [6.07, 6.45) is 0.169. The fraction of sp³-hybridized carbons (Fsp3) is 0.625. The van der Waals surface area contributed by atoms with Crippen LogP contribution in [-0.4, -0.2) is 37.7 Å². The van der Waals surface area contributed by atoms with Gasteiger partial charge in [0.1, 0.15) is 6.04 Å². The number of amides is 2. The number of nitrogens with one attached hydrogen (secondary N) is 1. The molecule has 0 spiro atoms. The van der Waals surface area contributed by atoms with E-state index in [0.717, 1.165) is 0 Å². The average molecular weight is 231 g/mol. The van der Waals surface area contributed by atoms with Gasteiger partial charge in [-0.3, -0.25) is 9.79 Å². The van der Waals surface area contributed by atoms with Crippen molar-refractivity contribution in [2.24, 2.45) is 22.2 Å². The van der Waals surface area contributed by atoms with E-state index in [-0.39, 0.29) is 5.96 Å². The van der Waals surface area contributed by atoms with Crippen LogP contribution < -0.4 is 22.5 Å². The Hall–Kier alpha value is -1.99. The second-order valence-corrected chi connectivity index (χ2v) is 3.04. The van der Waals surface area contributed by atoms with E-state index >= 15 is 0 Å². The van der Waals surface area contributed by atoms with Crippen molar-refractivity contribution < 1.29 is 14.3 Å². The zero-order chi connectivity index (χ0) is 12.6. The molecule has 0 aromatic heterocycles. The van der Waals surface area contributed by atoms with E-state index in [1.807, 2.05) is 0 Å². The molecule has 8 heteroatoms. The molecule has 0 heterocycles. The number of aliphatic imine (C=N–C) groups is 1. The summed E-state index contributed by atoms with van der Waals surface area (Å²) in [7, 11) is 1.20. The lowest BCUT2D eigenvalue weighted by Crippen LogP contribution is -2.44. The van der Waals surface area contributed by atoms with Gasteiger partial charge < -0.3 is 27.3 Å². The van der Waals surface area contributed by atoms with E-state index in [1.165, 1.54) is 7.11 Å². The van der Waals surface area contributed by atoms with E-state index in [2.05, 4.69) is 15.0 Å². The normalized spacial score (nSPS) is 11.3. The Morgan fingerprint density at radius 1 is 1.38 bits per heavy atom. The number of ether oxygens (including phenoxy) is 1. The molecule has 0 radical (unpaired) electrons. The van der Waals surface area contributed by atoms with Crippen LogP contribution in [0.3, 0.4) is 0 Å². The molecule has 0 fully saturated rings. The number of hydrogen-bond acceptors (Lipinski definition) is 4. The highest BCUT2D eigenvalue weighted by atomic mass is 16.5. The molecule has 16 heavy (non-hydrogen) atoms. The van der Waals surface area contributed by atoms with Crippen molar-refractivity contribution in [1.82, 2.24) is 5.32 Å². The van der Waals surface area contributed by atoms with Gasteiger partial charge in [-0.25, -0.2) is 4.79 Å². The molecule has 0 aliphatic rings. The van der Waals surface area contributed by atoms with Gasteiger partial charge >= 0.3 is 6.09 Å². The standard InChI is InChI=1S/C8H17N5O3/c1-16-8(15)13-5(6(9)14)3-2-4-12-7(10)11/h5H,2-4H2,1H3,(H2,9,14)(H,13,15)(H4,10,11,12)/t5-/m0/s1. The third-order valence-electron chi connectivity index (χ3n) is 1.77. The highest BCUT2D eigenvalue weighted by Gasteiger charge is 2.17. The van der Waals surface area contributed by atoms with Gasteiger partial charge in [-0.1, -0.05) is 0 Å². The van der Waals surface area contributed by atoms with Crippen LogP contribution >= 0.6 is 0 Å². The number of nitrogens with two attached hydrogens (primary N) is 3. The zero-order valence-corrected chi connectivity index (χ0v) is 9.10. The average Bonchev–Trinajstić information content (AvgIpc) is 2.21. The van der Waals surface area contributed by atoms with Crippen molar-refractivity contribution in [3.63, 3.8) is 0 Å². The van der Waals surface area contributed by atoms with Crippen molar-refractivity contribution in [3.05, 3.63) is 0 Å². The zero-order valence-electron chi connectivity index (χ0n) is 9.10. The fourth-order valence-corrected chi connectivity index (χ4v) is 0.990.